The first kappa shape index (κ1) is 43.8. The maximum atomic E-state index is 10.3. The molecule has 248 valence electrons. The summed E-state index contributed by atoms with van der Waals surface area (Å²) in [7, 11) is 1.94. The van der Waals surface area contributed by atoms with Crippen LogP contribution in [-0.4, -0.2) is 54.4 Å². The summed E-state index contributed by atoms with van der Waals surface area (Å²) in [5.74, 6) is 7.46. The second kappa shape index (κ2) is 29.4. The summed E-state index contributed by atoms with van der Waals surface area (Å²) in [6, 6.07) is 5.47. The maximum absolute atomic E-state index is 10.3. The Kier molecular flexibility index (Phi) is 29.2. The lowest BCUT2D eigenvalue weighted by Gasteiger charge is -2.29. The van der Waals surface area contributed by atoms with Gasteiger partial charge in [-0.3, -0.25) is 4.99 Å². The lowest BCUT2D eigenvalue weighted by atomic mass is 10.0. The van der Waals surface area contributed by atoms with Crippen molar-refractivity contribution in [1.29, 1.82) is 0 Å². The molecule has 44 heavy (non-hydrogen) atoms. The fourth-order valence-corrected chi connectivity index (χ4v) is 4.99. The number of amidine groups is 1. The molecule has 0 aromatic heterocycles. The number of aliphatic imine (C=N–C) groups is 1. The molecule has 0 amide bonds. The number of nitrogens with zero attached hydrogens (tertiary/aromatic N) is 2. The van der Waals surface area contributed by atoms with Crippen molar-refractivity contribution in [3.8, 4) is 11.8 Å². The maximum Gasteiger partial charge on any atom is 0.123 e. The number of carbonyl (C=O) groups is 1. The number of nitrogens with one attached hydrogen (secondary N) is 1. The highest BCUT2D eigenvalue weighted by Gasteiger charge is 2.20. The lowest BCUT2D eigenvalue weighted by Crippen LogP contribution is -2.46. The van der Waals surface area contributed by atoms with E-state index in [4.69, 9.17) is 28.2 Å². The third-order valence-electron chi connectivity index (χ3n) is 6.83. The Morgan fingerprint density at radius 2 is 1.82 bits per heavy atom. The minimum Gasteiger partial charge on any atom is -0.389 e. The summed E-state index contributed by atoms with van der Waals surface area (Å²) in [6.45, 7) is 19.7. The molecule has 2 unspecified atom stereocenters. The molecule has 1 aliphatic carbocycles. The van der Waals surface area contributed by atoms with Gasteiger partial charge in [-0.15, -0.1) is 19.1 Å². The Balaban J connectivity index is 0. The Morgan fingerprint density at radius 3 is 2.30 bits per heavy atom. The topological polar surface area (TPSA) is 64.9 Å². The molecule has 7 heteroatoms. The smallest absolute Gasteiger partial charge is 0.123 e. The van der Waals surface area contributed by atoms with Gasteiger partial charge in [0.2, 0.25) is 0 Å². The van der Waals surface area contributed by atoms with Gasteiger partial charge in [0.25, 0.3) is 0 Å². The molecule has 2 N–H and O–H groups in total. The van der Waals surface area contributed by atoms with E-state index in [0.717, 1.165) is 55.5 Å². The zero-order valence-electron chi connectivity index (χ0n) is 28.5. The third kappa shape index (κ3) is 19.8. The van der Waals surface area contributed by atoms with Crippen LogP contribution in [0.15, 0.2) is 60.2 Å². The van der Waals surface area contributed by atoms with Crippen LogP contribution in [0.25, 0.3) is 0 Å². The molecule has 0 heterocycles. The number of hydrogen-bond donors (Lipinski definition) is 2. The van der Waals surface area contributed by atoms with Crippen LogP contribution >= 0.6 is 23.2 Å². The van der Waals surface area contributed by atoms with E-state index in [1.54, 1.807) is 19.1 Å². The minimum atomic E-state index is -0.486. The van der Waals surface area contributed by atoms with Crippen LogP contribution < -0.4 is 5.32 Å². The number of aldehydes is 1. The van der Waals surface area contributed by atoms with Gasteiger partial charge in [-0.1, -0.05) is 105 Å². The average Bonchev–Trinajstić information content (AvgIpc) is 3.32. The van der Waals surface area contributed by atoms with E-state index in [2.05, 4.69) is 55.1 Å². The highest BCUT2D eigenvalue weighted by molar-refractivity contribution is 6.35. The zero-order chi connectivity index (χ0) is 33.8. The molecule has 5 nitrogen and oxygen atoms in total. The zero-order valence-corrected chi connectivity index (χ0v) is 30.0. The molecule has 1 fully saturated rings. The number of allylic oxidation sites excluding steroid dienone is 2. The number of halogens is 2. The number of likely N-dealkylation sites (N-methyl/N-ethyl adjacent to an activating group) is 2. The SMILES string of the molecule is C=C.CC.CC#CCN(CC)C(=NCc1ccc(Cl)cc1Cl)C(CC(/C=C\C(C)O)=C/CC)NC.O=CC1CCCCCC1. The second-order valence-corrected chi connectivity index (χ2v) is 10.9. The summed E-state index contributed by atoms with van der Waals surface area (Å²) in [5.41, 5.74) is 2.08. The summed E-state index contributed by atoms with van der Waals surface area (Å²) in [5, 5.41) is 14.3. The molecule has 2 atom stereocenters. The summed E-state index contributed by atoms with van der Waals surface area (Å²) in [6.07, 6.45) is 15.8. The first-order valence-electron chi connectivity index (χ1n) is 16.1. The van der Waals surface area contributed by atoms with Crippen molar-refractivity contribution in [2.75, 3.05) is 20.1 Å². The Labute approximate surface area is 279 Å². The normalized spacial score (nSPS) is 15.0. The largest absolute Gasteiger partial charge is 0.389 e. The average molecular weight is 649 g/mol. The second-order valence-electron chi connectivity index (χ2n) is 10.1. The minimum absolute atomic E-state index is 0.0128. The van der Waals surface area contributed by atoms with Crippen molar-refractivity contribution in [1.82, 2.24) is 10.2 Å². The van der Waals surface area contributed by atoms with Crippen LogP contribution in [0.3, 0.4) is 0 Å². The summed E-state index contributed by atoms with van der Waals surface area (Å²) < 4.78 is 0. The van der Waals surface area contributed by atoms with Crippen LogP contribution in [0.4, 0.5) is 0 Å². The predicted octanol–water partition coefficient (Wildman–Crippen LogP) is 9.47. The van der Waals surface area contributed by atoms with Gasteiger partial charge in [-0.05, 0) is 71.2 Å². The number of hydrogen-bond acceptors (Lipinski definition) is 4. The van der Waals surface area contributed by atoms with Gasteiger partial charge in [0, 0.05) is 22.5 Å². The van der Waals surface area contributed by atoms with Gasteiger partial charge in [0.1, 0.15) is 12.1 Å². The molecule has 1 aliphatic rings. The Bertz CT molecular complexity index is 1030. The predicted molar refractivity (Wildman–Crippen MR) is 195 cm³/mol. The van der Waals surface area contributed by atoms with Crippen molar-refractivity contribution in [2.45, 2.75) is 112 Å². The fraction of sp³-hybridized carbons (Fsp3) is 0.568. The van der Waals surface area contributed by atoms with Crippen LogP contribution in [0.5, 0.6) is 0 Å². The van der Waals surface area contributed by atoms with E-state index in [1.165, 1.54) is 25.7 Å². The third-order valence-corrected chi connectivity index (χ3v) is 7.41. The number of carbonyl (C=O) groups excluding carboxylic acids is 1. The van der Waals surface area contributed by atoms with Crippen LogP contribution in [0.1, 0.15) is 98.5 Å². The molecule has 0 spiro atoms. The molecule has 0 saturated heterocycles. The molecule has 0 radical (unpaired) electrons. The molecule has 1 aromatic carbocycles. The Hall–Kier alpha value is -2.36. The molecule has 2 rings (SSSR count). The first-order valence-corrected chi connectivity index (χ1v) is 16.9. The van der Waals surface area contributed by atoms with E-state index < -0.39 is 6.10 Å². The van der Waals surface area contributed by atoms with Crippen LogP contribution in [0, 0.1) is 17.8 Å². The standard InChI is InChI=1S/C25H35Cl2N3O.C8H14O.C2H6.C2H4/c1-6-9-15-30(8-3)25(29-18-21-13-14-22(26)17-23(21)27)24(28-5)16-20(10-7-2)12-11-19(4)31;9-7-8-5-3-1-2-4-6-8;2*1-2/h10-14,17,19,24,28,31H,7-8,15-16,18H2,1-5H3;7-8H,1-6H2;1-2H3;1-2H2/b12-11-,20-10+,29-25?;;;. The number of rotatable bonds is 12. The molecular formula is C37H59Cl2N3O2. The van der Waals surface area contributed by atoms with Crippen LogP contribution in [-0.2, 0) is 11.3 Å². The van der Waals surface area contributed by atoms with Gasteiger partial charge in [0.15, 0.2) is 0 Å². The van der Waals surface area contributed by atoms with E-state index in [0.29, 0.717) is 29.1 Å². The van der Waals surface area contributed by atoms with E-state index >= 15 is 0 Å². The number of aliphatic hydroxyl groups excluding tert-OH is 1. The number of aliphatic hydroxyl groups is 1. The fourth-order valence-electron chi connectivity index (χ4n) is 4.53. The van der Waals surface area contributed by atoms with E-state index in [-0.39, 0.29) is 6.04 Å². The lowest BCUT2D eigenvalue weighted by molar-refractivity contribution is -0.111. The van der Waals surface area contributed by atoms with Crippen molar-refractivity contribution < 1.29 is 9.90 Å². The van der Waals surface area contributed by atoms with E-state index in [9.17, 15) is 9.90 Å². The van der Waals surface area contributed by atoms with Gasteiger partial charge in [-0.25, -0.2) is 0 Å². The summed E-state index contributed by atoms with van der Waals surface area (Å²) >= 11 is 12.4. The highest BCUT2D eigenvalue weighted by atomic mass is 35.5. The molecule has 1 saturated carbocycles. The Morgan fingerprint density at radius 1 is 1.18 bits per heavy atom. The van der Waals surface area contributed by atoms with Crippen molar-refractivity contribution in [2.24, 2.45) is 10.9 Å². The van der Waals surface area contributed by atoms with Crippen molar-refractivity contribution in [3.05, 3.63) is 70.8 Å². The van der Waals surface area contributed by atoms with Crippen molar-refractivity contribution in [3.63, 3.8) is 0 Å². The molecule has 0 aliphatic heterocycles. The van der Waals surface area contributed by atoms with Gasteiger partial charge >= 0.3 is 0 Å². The molecular weight excluding hydrogens is 589 g/mol. The highest BCUT2D eigenvalue weighted by Crippen LogP contribution is 2.23. The number of benzene rings is 1. The van der Waals surface area contributed by atoms with Crippen LogP contribution in [0.2, 0.25) is 10.0 Å². The quantitative estimate of drug-likeness (QED) is 0.0451. The van der Waals surface area contributed by atoms with Crippen molar-refractivity contribution >= 4 is 35.3 Å². The van der Waals surface area contributed by atoms with Gasteiger partial charge < -0.3 is 20.1 Å². The van der Waals surface area contributed by atoms with Gasteiger partial charge in [0.05, 0.1) is 25.2 Å². The molecule has 1 aromatic rings. The van der Waals surface area contributed by atoms with Gasteiger partial charge in [-0.2, -0.15) is 0 Å². The molecule has 0 bridgehead atoms. The summed E-state index contributed by atoms with van der Waals surface area (Å²) in [4.78, 5) is 17.5. The monoisotopic (exact) mass is 647 g/mol. The van der Waals surface area contributed by atoms with E-state index in [1.807, 2.05) is 46.0 Å². The first-order chi connectivity index (χ1) is 21.3.